The minimum absolute atomic E-state index is 0.163. The lowest BCUT2D eigenvalue weighted by Gasteiger charge is -2.38. The van der Waals surface area contributed by atoms with Gasteiger partial charge in [0.05, 0.1) is 43.6 Å². The quantitative estimate of drug-likeness (QED) is 0.185. The fraction of sp³-hybridized carbons (Fsp3) is 0.531. The summed E-state index contributed by atoms with van der Waals surface area (Å²) in [6.45, 7) is 7.36. The van der Waals surface area contributed by atoms with Crippen LogP contribution in [0.1, 0.15) is 45.1 Å². The van der Waals surface area contributed by atoms with E-state index in [1.165, 1.54) is 6.33 Å². The summed E-state index contributed by atoms with van der Waals surface area (Å²) >= 11 is 6.46. The van der Waals surface area contributed by atoms with Crippen LogP contribution in [0.15, 0.2) is 49.4 Å². The van der Waals surface area contributed by atoms with Crippen molar-refractivity contribution >= 4 is 23.2 Å². The van der Waals surface area contributed by atoms with Crippen LogP contribution in [0.25, 0.3) is 11.1 Å². The highest BCUT2D eigenvalue weighted by atomic mass is 35.5. The molecule has 1 N–H and O–H groups in total. The molecular weight excluding hydrogens is 610 g/mol. The van der Waals surface area contributed by atoms with Crippen molar-refractivity contribution in [2.45, 2.75) is 63.8 Å². The molecule has 4 aromatic rings. The Morgan fingerprint density at radius 3 is 2.57 bits per heavy atom. The zero-order valence-corrected chi connectivity index (χ0v) is 27.2. The molecule has 0 bridgehead atoms. The van der Waals surface area contributed by atoms with Crippen LogP contribution in [0.2, 0.25) is 5.02 Å². The number of nitrogens with one attached hydrogen (secondary N) is 1. The van der Waals surface area contributed by atoms with Crippen molar-refractivity contribution in [3.8, 4) is 22.8 Å². The summed E-state index contributed by atoms with van der Waals surface area (Å²) in [6, 6.07) is 6.58. The molecule has 1 saturated heterocycles. The molecule has 1 aliphatic carbocycles. The largest absolute Gasteiger partial charge is 0.487 e. The Bertz CT molecular complexity index is 1500. The van der Waals surface area contributed by atoms with Crippen molar-refractivity contribution in [3.63, 3.8) is 0 Å². The molecule has 2 aliphatic rings. The van der Waals surface area contributed by atoms with E-state index in [0.717, 1.165) is 75.2 Å². The Morgan fingerprint density at radius 1 is 1.04 bits per heavy atom. The van der Waals surface area contributed by atoms with Crippen molar-refractivity contribution in [2.24, 2.45) is 0 Å². The van der Waals surface area contributed by atoms with Gasteiger partial charge in [0.25, 0.3) is 5.88 Å². The summed E-state index contributed by atoms with van der Waals surface area (Å²) in [7, 11) is 1.69. The van der Waals surface area contributed by atoms with E-state index in [1.807, 2.05) is 31.3 Å². The average Bonchev–Trinajstić information content (AvgIpc) is 3.75. The first-order chi connectivity index (χ1) is 22.6. The lowest BCUT2D eigenvalue weighted by atomic mass is 9.90. The predicted octanol–water partition coefficient (Wildman–Crippen LogP) is 5.03. The van der Waals surface area contributed by atoms with Gasteiger partial charge in [0, 0.05) is 57.2 Å². The normalized spacial score (nSPS) is 19.5. The molecule has 1 unspecified atom stereocenters. The molecule has 0 amide bonds. The number of methoxy groups -OCH3 is 1. The summed E-state index contributed by atoms with van der Waals surface area (Å²) < 4.78 is 26.7. The second kappa shape index (κ2) is 15.7. The smallest absolute Gasteiger partial charge is 0.256 e. The van der Waals surface area contributed by atoms with Gasteiger partial charge in [-0.25, -0.2) is 19.6 Å². The van der Waals surface area contributed by atoms with E-state index in [1.54, 1.807) is 30.5 Å². The third-order valence-corrected chi connectivity index (χ3v) is 8.75. The molecule has 0 radical (unpaired) electrons. The standard InChI is InChI=1S/C32H42ClN9O4/c1-23(19-41-22-34-21-37-41)46-30-16-24(4-9-28(30)33)25-17-35-32(36-18-25)38-29-20-42(39-31(29)45-13-3-12-43-2)27-7-5-26(6-8-27)40-10-14-44-15-11-40/h4,9,16-18,20-23,26-27H,3,5-8,10-15,19H2,1-2H3,(H,35,36,38). The minimum Gasteiger partial charge on any atom is -0.487 e. The van der Waals surface area contributed by atoms with Crippen LogP contribution in [0.5, 0.6) is 11.6 Å². The number of anilines is 2. The molecule has 1 atom stereocenters. The number of aromatic nitrogens is 7. The molecule has 13 nitrogen and oxygen atoms in total. The van der Waals surface area contributed by atoms with E-state index >= 15 is 0 Å². The highest BCUT2D eigenvalue weighted by molar-refractivity contribution is 6.32. The van der Waals surface area contributed by atoms with Gasteiger partial charge in [-0.15, -0.1) is 5.10 Å². The van der Waals surface area contributed by atoms with Crippen LogP contribution in [-0.2, 0) is 16.0 Å². The first kappa shape index (κ1) is 32.2. The van der Waals surface area contributed by atoms with Gasteiger partial charge in [-0.2, -0.15) is 5.10 Å². The number of benzene rings is 1. The summed E-state index contributed by atoms with van der Waals surface area (Å²) in [5, 5.41) is 12.9. The monoisotopic (exact) mass is 651 g/mol. The molecule has 46 heavy (non-hydrogen) atoms. The van der Waals surface area contributed by atoms with E-state index in [-0.39, 0.29) is 6.10 Å². The maximum absolute atomic E-state index is 6.46. The summed E-state index contributed by atoms with van der Waals surface area (Å²) in [5.41, 5.74) is 2.46. The average molecular weight is 652 g/mol. The van der Waals surface area contributed by atoms with Crippen LogP contribution < -0.4 is 14.8 Å². The predicted molar refractivity (Wildman–Crippen MR) is 174 cm³/mol. The number of rotatable bonds is 14. The third-order valence-electron chi connectivity index (χ3n) is 8.43. The number of hydrogen-bond acceptors (Lipinski definition) is 11. The van der Waals surface area contributed by atoms with Crippen molar-refractivity contribution < 1.29 is 18.9 Å². The zero-order chi connectivity index (χ0) is 31.7. The molecule has 4 heterocycles. The van der Waals surface area contributed by atoms with Gasteiger partial charge in [0.1, 0.15) is 30.2 Å². The first-order valence-electron chi connectivity index (χ1n) is 16.0. The van der Waals surface area contributed by atoms with Gasteiger partial charge in [0.15, 0.2) is 0 Å². The molecule has 1 aliphatic heterocycles. The molecule has 14 heteroatoms. The summed E-state index contributed by atoms with van der Waals surface area (Å²) in [4.78, 5) is 15.8. The second-order valence-electron chi connectivity index (χ2n) is 11.7. The van der Waals surface area contributed by atoms with Crippen molar-refractivity contribution in [3.05, 3.63) is 54.5 Å². The molecule has 0 spiro atoms. The van der Waals surface area contributed by atoms with Crippen molar-refractivity contribution in [1.29, 1.82) is 0 Å². The van der Waals surface area contributed by atoms with Crippen LogP contribution in [0, 0.1) is 0 Å². The Kier molecular flexibility index (Phi) is 11.0. The molecule has 6 rings (SSSR count). The summed E-state index contributed by atoms with van der Waals surface area (Å²) in [6.07, 6.45) is 13.8. The fourth-order valence-electron chi connectivity index (χ4n) is 6.04. The van der Waals surface area contributed by atoms with Gasteiger partial charge in [0.2, 0.25) is 5.95 Å². The van der Waals surface area contributed by atoms with Gasteiger partial charge in [-0.1, -0.05) is 17.7 Å². The maximum Gasteiger partial charge on any atom is 0.256 e. The maximum atomic E-state index is 6.46. The van der Waals surface area contributed by atoms with Crippen molar-refractivity contribution in [2.75, 3.05) is 51.9 Å². The fourth-order valence-corrected chi connectivity index (χ4v) is 6.20. The lowest BCUT2D eigenvalue weighted by Crippen LogP contribution is -2.45. The minimum atomic E-state index is -0.163. The number of hydrogen-bond donors (Lipinski definition) is 1. The van der Waals surface area contributed by atoms with E-state index in [9.17, 15) is 0 Å². The Hall–Kier alpha value is -3.78. The molecule has 3 aromatic heterocycles. The Balaban J connectivity index is 1.12. The highest BCUT2D eigenvalue weighted by Gasteiger charge is 2.29. The van der Waals surface area contributed by atoms with Gasteiger partial charge >= 0.3 is 0 Å². The topological polar surface area (TPSA) is 127 Å². The van der Waals surface area contributed by atoms with Gasteiger partial charge in [-0.05, 0) is 50.3 Å². The Morgan fingerprint density at radius 2 is 1.83 bits per heavy atom. The molecule has 2 fully saturated rings. The first-order valence-corrected chi connectivity index (χ1v) is 16.3. The highest BCUT2D eigenvalue weighted by Crippen LogP contribution is 2.35. The number of ether oxygens (including phenoxy) is 4. The van der Waals surface area contributed by atoms with Crippen molar-refractivity contribution in [1.82, 2.24) is 39.4 Å². The van der Waals surface area contributed by atoms with Gasteiger partial charge in [-0.3, -0.25) is 9.58 Å². The number of halogens is 1. The van der Waals surface area contributed by atoms with E-state index in [2.05, 4.69) is 34.9 Å². The van der Waals surface area contributed by atoms with E-state index in [4.69, 9.17) is 35.6 Å². The van der Waals surface area contributed by atoms with Crippen LogP contribution in [0.4, 0.5) is 11.6 Å². The molecule has 1 saturated carbocycles. The van der Waals surface area contributed by atoms with E-state index in [0.29, 0.717) is 54.4 Å². The van der Waals surface area contributed by atoms with E-state index < -0.39 is 0 Å². The lowest BCUT2D eigenvalue weighted by molar-refractivity contribution is 0.00503. The van der Waals surface area contributed by atoms with Crippen LogP contribution in [-0.4, -0.2) is 98.2 Å². The zero-order valence-electron chi connectivity index (χ0n) is 26.4. The van der Waals surface area contributed by atoms with Gasteiger partial charge < -0.3 is 24.3 Å². The number of morpholine rings is 1. The molecule has 1 aromatic carbocycles. The van der Waals surface area contributed by atoms with Crippen LogP contribution >= 0.6 is 11.6 Å². The molecular formula is C32H42ClN9O4. The molecule has 246 valence electrons. The number of nitrogens with zero attached hydrogens (tertiary/aromatic N) is 8. The van der Waals surface area contributed by atoms with Crippen LogP contribution in [0.3, 0.4) is 0 Å². The SMILES string of the molecule is COCCCOc1nn(C2CCC(N3CCOCC3)CC2)cc1Nc1ncc(-c2ccc(Cl)c(OC(C)Cn3cncn3)c2)cn1. The second-order valence-corrected chi connectivity index (χ2v) is 12.2. The third kappa shape index (κ3) is 8.32. The summed E-state index contributed by atoms with van der Waals surface area (Å²) in [5.74, 6) is 1.57. The Labute approximate surface area is 274 Å².